The number of hydrogen-bond donors (Lipinski definition) is 1. The van der Waals surface area contributed by atoms with E-state index in [9.17, 15) is 0 Å². The van der Waals surface area contributed by atoms with E-state index in [-0.39, 0.29) is 0 Å². The molecule has 118 valence electrons. The molecule has 3 heterocycles. The van der Waals surface area contributed by atoms with Gasteiger partial charge in [0.05, 0.1) is 11.1 Å². The van der Waals surface area contributed by atoms with Crippen molar-refractivity contribution in [1.82, 2.24) is 4.67 Å². The topological polar surface area (TPSA) is 32.6 Å². The van der Waals surface area contributed by atoms with Gasteiger partial charge in [0.25, 0.3) is 12.4 Å². The smallest absolute Gasteiger partial charge is 0.300 e. The van der Waals surface area contributed by atoms with Gasteiger partial charge < -0.3 is 5.32 Å². The molecule has 0 fully saturated rings. The van der Waals surface area contributed by atoms with Gasteiger partial charge >= 0.3 is 0 Å². The van der Waals surface area contributed by atoms with Crippen LogP contribution in [-0.2, 0) is 0 Å². The molecule has 0 saturated heterocycles. The average Bonchev–Trinajstić information content (AvgIpc) is 2.69. The first kappa shape index (κ1) is 14.0. The molecule has 3 aliphatic heterocycles. The second kappa shape index (κ2) is 5.60. The highest BCUT2D eigenvalue weighted by atomic mass is 15.1. The zero-order valence-corrected chi connectivity index (χ0v) is 13.6. The molecule has 0 radical (unpaired) electrons. The van der Waals surface area contributed by atoms with Crippen molar-refractivity contribution >= 4 is 28.9 Å². The molecule has 2 aromatic carbocycles. The Morgan fingerprint density at radius 3 is 2.40 bits per heavy atom. The van der Waals surface area contributed by atoms with E-state index in [4.69, 9.17) is 0 Å². The molecule has 0 saturated carbocycles. The third-order valence-corrected chi connectivity index (χ3v) is 4.70. The Labute approximate surface area is 146 Å². The minimum atomic E-state index is 1.18. The van der Waals surface area contributed by atoms with Crippen LogP contribution in [0.1, 0.15) is 11.1 Å². The lowest BCUT2D eigenvalue weighted by Crippen LogP contribution is -2.97. The van der Waals surface area contributed by atoms with E-state index in [1.54, 1.807) is 0 Å². The van der Waals surface area contributed by atoms with Crippen LogP contribution in [0.15, 0.2) is 90.6 Å². The molecule has 3 aliphatic rings. The van der Waals surface area contributed by atoms with E-state index in [0.29, 0.717) is 0 Å². The van der Waals surface area contributed by atoms with Gasteiger partial charge in [0.15, 0.2) is 0 Å². The van der Waals surface area contributed by atoms with Crippen LogP contribution in [-0.4, -0.2) is 12.4 Å². The minimum absolute atomic E-state index is 1.18. The lowest BCUT2D eigenvalue weighted by atomic mass is 9.97. The second-order valence-corrected chi connectivity index (χ2v) is 6.23. The summed E-state index contributed by atoms with van der Waals surface area (Å²) in [5.74, 6) is 0. The largest absolute Gasteiger partial charge is 0.670 e. The third kappa shape index (κ3) is 2.39. The Morgan fingerprint density at radius 2 is 1.56 bits per heavy atom. The lowest BCUT2D eigenvalue weighted by Gasteiger charge is -2.17. The summed E-state index contributed by atoms with van der Waals surface area (Å²) in [6, 6.07) is 10.9. The van der Waals surface area contributed by atoms with E-state index < -0.39 is 0 Å². The summed E-state index contributed by atoms with van der Waals surface area (Å²) in [4.78, 5) is 1.21. The van der Waals surface area contributed by atoms with Crippen molar-refractivity contribution in [3.05, 3.63) is 107 Å². The van der Waals surface area contributed by atoms with Crippen LogP contribution in [0.2, 0.25) is 0 Å². The highest BCUT2D eigenvalue weighted by molar-refractivity contribution is 6.12. The molecule has 0 spiro atoms. The van der Waals surface area contributed by atoms with Crippen LogP contribution in [0.25, 0.3) is 16.1 Å². The Kier molecular flexibility index (Phi) is 3.14. The maximum atomic E-state index is 4.38. The number of nitrogens with one attached hydrogen (secondary N) is 1. The monoisotopic (exact) mass is 322 g/mol. The maximum Gasteiger partial charge on any atom is 0.300 e. The minimum Gasteiger partial charge on any atom is -0.670 e. The zero-order chi connectivity index (χ0) is 16.6. The lowest BCUT2D eigenvalue weighted by molar-refractivity contribution is -0.713. The van der Waals surface area contributed by atoms with Crippen LogP contribution in [0.3, 0.4) is 0 Å². The first-order valence-electron chi connectivity index (χ1n) is 8.32. The van der Waals surface area contributed by atoms with E-state index in [0.717, 1.165) is 0 Å². The summed E-state index contributed by atoms with van der Waals surface area (Å²) >= 11 is 0. The first-order chi connectivity index (χ1) is 12.4. The van der Waals surface area contributed by atoms with Crippen LogP contribution in [0.5, 0.6) is 0 Å². The number of rotatable bonds is 1. The van der Waals surface area contributed by atoms with Crippen LogP contribution >= 0.6 is 0 Å². The molecule has 0 unspecified atom stereocenters. The van der Waals surface area contributed by atoms with Gasteiger partial charge in [-0.2, -0.15) is 12.4 Å². The molecule has 3 nitrogen and oxygen atoms in total. The van der Waals surface area contributed by atoms with Crippen molar-refractivity contribution in [1.29, 1.82) is 0 Å². The molecular weight excluding hydrogens is 306 g/mol. The van der Waals surface area contributed by atoms with Gasteiger partial charge in [-0.15, -0.1) is 0 Å². The predicted octanol–water partition coefficient (Wildman–Crippen LogP) is 3.03. The van der Waals surface area contributed by atoms with Crippen molar-refractivity contribution in [2.75, 3.05) is 0 Å². The fourth-order valence-corrected chi connectivity index (χ4v) is 3.46. The molecule has 0 aliphatic carbocycles. The Hall–Kier alpha value is -3.39. The predicted molar refractivity (Wildman–Crippen MR) is 104 cm³/mol. The first-order valence-corrected chi connectivity index (χ1v) is 8.32. The normalized spacial score (nSPS) is 19.8. The van der Waals surface area contributed by atoms with Gasteiger partial charge in [-0.05, 0) is 22.6 Å². The summed E-state index contributed by atoms with van der Waals surface area (Å²) in [5.41, 5.74) is 5.97. The van der Waals surface area contributed by atoms with Gasteiger partial charge in [-0.3, -0.25) is 4.90 Å². The molecule has 0 bridgehead atoms. The third-order valence-electron chi connectivity index (χ3n) is 4.70. The average molecular weight is 322 g/mol. The molecule has 0 aromatic heterocycles. The number of hydrogen-bond acceptors (Lipinski definition) is 0. The van der Waals surface area contributed by atoms with Crippen LogP contribution in [0.4, 0.5) is 5.69 Å². The Bertz CT molecular complexity index is 1070. The fraction of sp³-hybridized carbons (Fsp3) is 0. The van der Waals surface area contributed by atoms with E-state index in [1.807, 2.05) is 37.0 Å². The van der Waals surface area contributed by atoms with Gasteiger partial charge in [-0.1, -0.05) is 29.0 Å². The fourth-order valence-electron chi connectivity index (χ4n) is 3.46. The summed E-state index contributed by atoms with van der Waals surface area (Å²) < 4.78 is 4.38. The molecule has 5 rings (SSSR count). The summed E-state index contributed by atoms with van der Waals surface area (Å²) in [6.45, 7) is 0. The number of quaternary nitrogens is 1. The number of nitrogens with zero attached hydrogens (tertiary/aromatic N) is 2. The summed E-state index contributed by atoms with van der Waals surface area (Å²) in [7, 11) is 0. The van der Waals surface area contributed by atoms with Gasteiger partial charge in [0.2, 0.25) is 0 Å². The van der Waals surface area contributed by atoms with Crippen molar-refractivity contribution in [2.24, 2.45) is 0 Å². The summed E-state index contributed by atoms with van der Waals surface area (Å²) in [5, 5.41) is 6.62. The molecule has 1 N–H and O–H groups in total. The zero-order valence-electron chi connectivity index (χ0n) is 13.6. The Morgan fingerprint density at radius 1 is 0.800 bits per heavy atom. The maximum absolute atomic E-state index is 4.38. The second-order valence-electron chi connectivity index (χ2n) is 6.23. The van der Waals surface area contributed by atoms with Crippen LogP contribution in [0, 0.1) is 0 Å². The van der Waals surface area contributed by atoms with Crippen molar-refractivity contribution < 1.29 is 4.90 Å². The Balaban J connectivity index is 1.55. The van der Waals surface area contributed by atoms with Crippen LogP contribution < -0.4 is 9.57 Å². The standard InChI is InChI=1S/C22H15N3/c1-2-18-12-21(13-20-15-24-14-19(3-1)22(18)20)25-10-6-17(7-11-25)16-4-8-23-9-5-16/h1-15H/p+1. The quantitative estimate of drug-likeness (QED) is 0.668. The van der Waals surface area contributed by atoms with Crippen molar-refractivity contribution in [3.8, 4) is 0 Å². The number of benzene rings is 2. The van der Waals surface area contributed by atoms with E-state index >= 15 is 0 Å². The molecule has 0 atom stereocenters. The van der Waals surface area contributed by atoms with E-state index in [2.05, 4.69) is 64.9 Å². The molecule has 25 heavy (non-hydrogen) atoms. The SMILES string of the molecule is C1=CC(=C2C=C[NH+](c3cc4c5c(cccc5c3)C=[N+]=C4)C=C2)C=C[N-]1. The summed E-state index contributed by atoms with van der Waals surface area (Å²) in [6.07, 6.45) is 20.3. The highest BCUT2D eigenvalue weighted by Crippen LogP contribution is 2.25. The van der Waals surface area contributed by atoms with Gasteiger partial charge in [-0.25, -0.2) is 0 Å². The van der Waals surface area contributed by atoms with E-state index in [1.165, 1.54) is 43.6 Å². The van der Waals surface area contributed by atoms with Crippen molar-refractivity contribution in [3.63, 3.8) is 0 Å². The van der Waals surface area contributed by atoms with Crippen molar-refractivity contribution in [2.45, 2.75) is 0 Å². The molecule has 0 amide bonds. The molecular formula is C22H16N3+. The highest BCUT2D eigenvalue weighted by Gasteiger charge is 2.18. The molecule has 2 aromatic rings. The molecule has 3 heteroatoms. The number of allylic oxidation sites excluding steroid dienone is 6. The van der Waals surface area contributed by atoms with Gasteiger partial charge in [0, 0.05) is 29.7 Å². The van der Waals surface area contributed by atoms with Gasteiger partial charge in [0.1, 0.15) is 18.1 Å².